The van der Waals surface area contributed by atoms with Crippen LogP contribution in [-0.2, 0) is 6.42 Å². The van der Waals surface area contributed by atoms with E-state index in [2.05, 4.69) is 19.2 Å². The number of nitrogens with one attached hydrogen (secondary N) is 1. The normalized spacial score (nSPS) is 19.0. The summed E-state index contributed by atoms with van der Waals surface area (Å²) in [7, 11) is 0. The van der Waals surface area contributed by atoms with Crippen molar-refractivity contribution in [2.24, 2.45) is 0 Å². The van der Waals surface area contributed by atoms with Crippen LogP contribution in [0.2, 0.25) is 0 Å². The SMILES string of the molecule is CCNC(CC)CCCC1Cc2cc(F)ccc2O1. The number of fused-ring (bicyclic) bond motifs is 1. The molecule has 0 bridgehead atoms. The van der Waals surface area contributed by atoms with Crippen LogP contribution in [0.25, 0.3) is 0 Å². The molecule has 19 heavy (non-hydrogen) atoms. The first-order valence-corrected chi connectivity index (χ1v) is 7.41. The molecule has 1 N–H and O–H groups in total. The maximum absolute atomic E-state index is 13.1. The highest BCUT2D eigenvalue weighted by Gasteiger charge is 2.22. The molecule has 0 aromatic heterocycles. The van der Waals surface area contributed by atoms with Crippen molar-refractivity contribution in [3.8, 4) is 5.75 Å². The molecule has 2 atom stereocenters. The van der Waals surface area contributed by atoms with Gasteiger partial charge in [-0.2, -0.15) is 0 Å². The van der Waals surface area contributed by atoms with Gasteiger partial charge in [-0.25, -0.2) is 4.39 Å². The fraction of sp³-hybridized carbons (Fsp3) is 0.625. The van der Waals surface area contributed by atoms with Crippen LogP contribution in [0.3, 0.4) is 0 Å². The Labute approximate surface area is 115 Å². The summed E-state index contributed by atoms with van der Waals surface area (Å²) in [6, 6.07) is 5.44. The Kier molecular flexibility index (Phi) is 5.20. The van der Waals surface area contributed by atoms with E-state index in [0.717, 1.165) is 37.1 Å². The lowest BCUT2D eigenvalue weighted by Gasteiger charge is -2.17. The monoisotopic (exact) mass is 265 g/mol. The van der Waals surface area contributed by atoms with Gasteiger partial charge in [0.25, 0.3) is 0 Å². The number of ether oxygens (including phenoxy) is 1. The molecule has 0 saturated carbocycles. The molecule has 0 saturated heterocycles. The van der Waals surface area contributed by atoms with Crippen LogP contribution >= 0.6 is 0 Å². The Bertz CT molecular complexity index is 408. The van der Waals surface area contributed by atoms with Gasteiger partial charge in [0.05, 0.1) is 0 Å². The highest BCUT2D eigenvalue weighted by Crippen LogP contribution is 2.31. The minimum absolute atomic E-state index is 0.166. The van der Waals surface area contributed by atoms with E-state index in [4.69, 9.17) is 4.74 Å². The Morgan fingerprint density at radius 2 is 2.26 bits per heavy atom. The van der Waals surface area contributed by atoms with Gasteiger partial charge in [-0.3, -0.25) is 0 Å². The Hall–Kier alpha value is -1.09. The summed E-state index contributed by atoms with van der Waals surface area (Å²) < 4.78 is 19.0. The summed E-state index contributed by atoms with van der Waals surface area (Å²) >= 11 is 0. The van der Waals surface area contributed by atoms with Crippen LogP contribution in [0.15, 0.2) is 18.2 Å². The molecular formula is C16H24FNO. The Morgan fingerprint density at radius 1 is 1.42 bits per heavy atom. The number of hydrogen-bond acceptors (Lipinski definition) is 2. The van der Waals surface area contributed by atoms with E-state index in [1.54, 1.807) is 12.1 Å². The number of benzene rings is 1. The maximum atomic E-state index is 13.1. The van der Waals surface area contributed by atoms with Crippen LogP contribution in [0.4, 0.5) is 4.39 Å². The van der Waals surface area contributed by atoms with Crippen LogP contribution < -0.4 is 10.1 Å². The van der Waals surface area contributed by atoms with Gasteiger partial charge in [-0.15, -0.1) is 0 Å². The molecule has 1 aromatic rings. The molecule has 0 fully saturated rings. The summed E-state index contributed by atoms with van der Waals surface area (Å²) in [5, 5.41) is 3.49. The second-order valence-electron chi connectivity index (χ2n) is 5.29. The summed E-state index contributed by atoms with van der Waals surface area (Å²) in [5.74, 6) is 0.700. The number of rotatable bonds is 7. The quantitative estimate of drug-likeness (QED) is 0.812. The fourth-order valence-corrected chi connectivity index (χ4v) is 2.78. The van der Waals surface area contributed by atoms with Gasteiger partial charge < -0.3 is 10.1 Å². The zero-order chi connectivity index (χ0) is 13.7. The van der Waals surface area contributed by atoms with Crippen molar-refractivity contribution in [3.05, 3.63) is 29.6 Å². The summed E-state index contributed by atoms with van der Waals surface area (Å²) in [5.41, 5.74) is 1.02. The maximum Gasteiger partial charge on any atom is 0.123 e. The molecular weight excluding hydrogens is 241 g/mol. The summed E-state index contributed by atoms with van der Waals surface area (Å²) in [6.07, 6.45) is 5.66. The summed E-state index contributed by atoms with van der Waals surface area (Å²) in [6.45, 7) is 5.40. The Balaban J connectivity index is 1.75. The average Bonchev–Trinajstić information content (AvgIpc) is 2.79. The molecule has 1 aliphatic rings. The Morgan fingerprint density at radius 3 is 3.00 bits per heavy atom. The number of hydrogen-bond donors (Lipinski definition) is 1. The lowest BCUT2D eigenvalue weighted by Crippen LogP contribution is -2.28. The van der Waals surface area contributed by atoms with Gasteiger partial charge in [-0.05, 0) is 50.4 Å². The van der Waals surface area contributed by atoms with E-state index in [0.29, 0.717) is 6.04 Å². The van der Waals surface area contributed by atoms with Crippen molar-refractivity contribution >= 4 is 0 Å². The second-order valence-corrected chi connectivity index (χ2v) is 5.29. The highest BCUT2D eigenvalue weighted by molar-refractivity contribution is 5.37. The van der Waals surface area contributed by atoms with Crippen molar-refractivity contribution in [2.45, 2.75) is 58.1 Å². The zero-order valence-electron chi connectivity index (χ0n) is 11.9. The third kappa shape index (κ3) is 3.93. The topological polar surface area (TPSA) is 21.3 Å². The van der Waals surface area contributed by atoms with Crippen LogP contribution in [0.1, 0.15) is 45.1 Å². The third-order valence-electron chi connectivity index (χ3n) is 3.83. The van der Waals surface area contributed by atoms with Crippen molar-refractivity contribution in [1.82, 2.24) is 5.32 Å². The fourth-order valence-electron chi connectivity index (χ4n) is 2.78. The predicted molar refractivity (Wildman–Crippen MR) is 76.1 cm³/mol. The molecule has 0 amide bonds. The van der Waals surface area contributed by atoms with E-state index in [1.165, 1.54) is 18.9 Å². The molecule has 2 nitrogen and oxygen atoms in total. The standard InChI is InChI=1S/C16H24FNO/c1-3-14(18-4-2)6-5-7-15-11-12-10-13(17)8-9-16(12)19-15/h8-10,14-15,18H,3-7,11H2,1-2H3. The van der Waals surface area contributed by atoms with Gasteiger partial charge in [0.1, 0.15) is 17.7 Å². The van der Waals surface area contributed by atoms with E-state index >= 15 is 0 Å². The molecule has 1 aromatic carbocycles. The molecule has 3 heteroatoms. The molecule has 0 radical (unpaired) electrons. The molecule has 0 spiro atoms. The second kappa shape index (κ2) is 6.90. The minimum atomic E-state index is -0.166. The van der Waals surface area contributed by atoms with Gasteiger partial charge in [0, 0.05) is 18.0 Å². The first-order valence-electron chi connectivity index (χ1n) is 7.41. The van der Waals surface area contributed by atoms with Gasteiger partial charge in [0.15, 0.2) is 0 Å². The average molecular weight is 265 g/mol. The lowest BCUT2D eigenvalue weighted by atomic mass is 10.0. The minimum Gasteiger partial charge on any atom is -0.490 e. The predicted octanol–water partition coefficient (Wildman–Crippen LogP) is 3.69. The first-order chi connectivity index (χ1) is 9.22. The van der Waals surface area contributed by atoms with Crippen LogP contribution in [-0.4, -0.2) is 18.7 Å². The van der Waals surface area contributed by atoms with E-state index in [9.17, 15) is 4.39 Å². The van der Waals surface area contributed by atoms with Crippen molar-refractivity contribution < 1.29 is 9.13 Å². The first kappa shape index (κ1) is 14.3. The molecule has 2 rings (SSSR count). The van der Waals surface area contributed by atoms with Crippen LogP contribution in [0, 0.1) is 5.82 Å². The third-order valence-corrected chi connectivity index (χ3v) is 3.83. The number of halogens is 1. The summed E-state index contributed by atoms with van der Waals surface area (Å²) in [4.78, 5) is 0. The lowest BCUT2D eigenvalue weighted by molar-refractivity contribution is 0.214. The molecule has 1 aliphatic heterocycles. The van der Waals surface area contributed by atoms with Crippen LogP contribution in [0.5, 0.6) is 5.75 Å². The van der Waals surface area contributed by atoms with E-state index in [-0.39, 0.29) is 11.9 Å². The molecule has 2 unspecified atom stereocenters. The van der Waals surface area contributed by atoms with Crippen molar-refractivity contribution in [3.63, 3.8) is 0 Å². The largest absolute Gasteiger partial charge is 0.490 e. The van der Waals surface area contributed by atoms with Gasteiger partial charge in [0.2, 0.25) is 0 Å². The molecule has 0 aliphatic carbocycles. The van der Waals surface area contributed by atoms with Crippen molar-refractivity contribution in [1.29, 1.82) is 0 Å². The molecule has 106 valence electrons. The highest BCUT2D eigenvalue weighted by atomic mass is 19.1. The van der Waals surface area contributed by atoms with Gasteiger partial charge in [-0.1, -0.05) is 13.8 Å². The van der Waals surface area contributed by atoms with Gasteiger partial charge >= 0.3 is 0 Å². The molecule has 1 heterocycles. The van der Waals surface area contributed by atoms with Crippen molar-refractivity contribution in [2.75, 3.05) is 6.54 Å². The van der Waals surface area contributed by atoms with E-state index in [1.807, 2.05) is 0 Å². The zero-order valence-corrected chi connectivity index (χ0v) is 11.9. The smallest absolute Gasteiger partial charge is 0.123 e. The van der Waals surface area contributed by atoms with E-state index < -0.39 is 0 Å².